The first-order valence-electron chi connectivity index (χ1n) is 8.57. The van der Waals surface area contributed by atoms with Crippen molar-refractivity contribution in [2.45, 2.75) is 13.5 Å². The zero-order valence-corrected chi connectivity index (χ0v) is 16.3. The molecule has 3 heteroatoms. The van der Waals surface area contributed by atoms with Crippen LogP contribution in [0.2, 0.25) is 0 Å². The van der Waals surface area contributed by atoms with Crippen LogP contribution in [0.3, 0.4) is 0 Å². The van der Waals surface area contributed by atoms with E-state index in [1.54, 1.807) is 11.3 Å². The van der Waals surface area contributed by atoms with Crippen molar-refractivity contribution in [3.8, 4) is 12.3 Å². The zero-order valence-electron chi connectivity index (χ0n) is 15.4. The van der Waals surface area contributed by atoms with Gasteiger partial charge in [-0.05, 0) is 42.2 Å². The normalized spacial score (nSPS) is 11.8. The monoisotopic (exact) mass is 359 g/mol. The minimum Gasteiger partial charge on any atom is -0.378 e. The lowest BCUT2D eigenvalue weighted by Crippen LogP contribution is -2.34. The standard InChI is InChI=1S/C23H23N2S/c1-5-16-25-21-8-6-7-9-22(21)26-23(25)17-18(2)10-11-19-12-14-20(15-13-19)24(3)4/h1,6-15,17H,16H2,2-4H3/q+1. The third kappa shape index (κ3) is 4.04. The van der Waals surface area contributed by atoms with Crippen molar-refractivity contribution in [1.82, 2.24) is 0 Å². The number of fused-ring (bicyclic) bond motifs is 1. The van der Waals surface area contributed by atoms with Crippen molar-refractivity contribution < 1.29 is 4.57 Å². The molecule has 0 unspecified atom stereocenters. The fourth-order valence-electron chi connectivity index (χ4n) is 2.77. The van der Waals surface area contributed by atoms with Gasteiger partial charge in [-0.1, -0.05) is 47.8 Å². The second-order valence-corrected chi connectivity index (χ2v) is 7.47. The van der Waals surface area contributed by atoms with Crippen LogP contribution in [-0.2, 0) is 6.54 Å². The van der Waals surface area contributed by atoms with Gasteiger partial charge in [0, 0.05) is 31.9 Å². The summed E-state index contributed by atoms with van der Waals surface area (Å²) in [5.74, 6) is 2.77. The third-order valence-corrected chi connectivity index (χ3v) is 5.30. The molecule has 0 radical (unpaired) electrons. The molecule has 1 aromatic heterocycles. The Kier molecular flexibility index (Phi) is 5.55. The van der Waals surface area contributed by atoms with E-state index in [1.807, 2.05) is 14.1 Å². The second kappa shape index (κ2) is 8.03. The molecular weight excluding hydrogens is 336 g/mol. The fourth-order valence-corrected chi connectivity index (χ4v) is 3.94. The number of anilines is 1. The predicted octanol–water partition coefficient (Wildman–Crippen LogP) is 5.00. The molecule has 130 valence electrons. The highest BCUT2D eigenvalue weighted by molar-refractivity contribution is 7.18. The molecule has 0 spiro atoms. The van der Waals surface area contributed by atoms with E-state index in [-0.39, 0.29) is 0 Å². The summed E-state index contributed by atoms with van der Waals surface area (Å²) in [5.41, 5.74) is 4.78. The molecule has 0 atom stereocenters. The number of hydrogen-bond donors (Lipinski definition) is 0. The maximum atomic E-state index is 5.57. The molecule has 0 N–H and O–H groups in total. The van der Waals surface area contributed by atoms with Gasteiger partial charge in [0.15, 0.2) is 0 Å². The molecule has 0 aliphatic heterocycles. The van der Waals surface area contributed by atoms with E-state index in [0.29, 0.717) is 6.54 Å². The Balaban J connectivity index is 1.86. The van der Waals surface area contributed by atoms with Gasteiger partial charge in [0.25, 0.3) is 5.01 Å². The average Bonchev–Trinajstić information content (AvgIpc) is 2.98. The molecule has 0 saturated carbocycles. The van der Waals surface area contributed by atoms with E-state index < -0.39 is 0 Å². The summed E-state index contributed by atoms with van der Waals surface area (Å²) in [6.45, 7) is 2.70. The van der Waals surface area contributed by atoms with E-state index in [0.717, 1.165) is 0 Å². The second-order valence-electron chi connectivity index (χ2n) is 6.41. The number of para-hydroxylation sites is 1. The number of thiazole rings is 1. The van der Waals surface area contributed by atoms with Crippen molar-refractivity contribution >= 4 is 39.4 Å². The van der Waals surface area contributed by atoms with Gasteiger partial charge in [0.1, 0.15) is 4.70 Å². The SMILES string of the molecule is C#CC[n+]1c(/C=C(C)/C=C/c2ccc(N(C)C)cc2)sc2ccccc21. The summed E-state index contributed by atoms with van der Waals surface area (Å²) in [7, 11) is 4.10. The van der Waals surface area contributed by atoms with E-state index >= 15 is 0 Å². The van der Waals surface area contributed by atoms with Crippen LogP contribution in [0.15, 0.2) is 60.2 Å². The van der Waals surface area contributed by atoms with E-state index in [4.69, 9.17) is 6.42 Å². The van der Waals surface area contributed by atoms with Crippen LogP contribution in [0.1, 0.15) is 17.5 Å². The first-order valence-corrected chi connectivity index (χ1v) is 9.39. The number of rotatable bonds is 5. The quantitative estimate of drug-likeness (QED) is 0.353. The summed E-state index contributed by atoms with van der Waals surface area (Å²) in [6.07, 6.45) is 12.1. The van der Waals surface area contributed by atoms with Crippen LogP contribution in [0.4, 0.5) is 5.69 Å². The molecule has 3 aromatic rings. The van der Waals surface area contributed by atoms with Gasteiger partial charge in [-0.15, -0.1) is 6.42 Å². The Hall–Kier alpha value is -2.83. The van der Waals surface area contributed by atoms with Gasteiger partial charge in [-0.3, -0.25) is 0 Å². The maximum absolute atomic E-state index is 5.57. The highest BCUT2D eigenvalue weighted by Crippen LogP contribution is 2.22. The van der Waals surface area contributed by atoms with Crippen molar-refractivity contribution in [2.24, 2.45) is 0 Å². The lowest BCUT2D eigenvalue weighted by atomic mass is 10.1. The number of allylic oxidation sites excluding steroid dienone is 2. The average molecular weight is 360 g/mol. The highest BCUT2D eigenvalue weighted by Gasteiger charge is 2.17. The smallest absolute Gasteiger partial charge is 0.263 e. The third-order valence-electron chi connectivity index (χ3n) is 4.19. The van der Waals surface area contributed by atoms with Gasteiger partial charge in [-0.2, -0.15) is 4.57 Å². The first-order chi connectivity index (χ1) is 12.6. The van der Waals surface area contributed by atoms with Crippen LogP contribution in [-0.4, -0.2) is 14.1 Å². The van der Waals surface area contributed by atoms with Crippen molar-refractivity contribution in [3.05, 3.63) is 70.8 Å². The topological polar surface area (TPSA) is 7.12 Å². The number of benzene rings is 2. The molecule has 0 aliphatic carbocycles. The van der Waals surface area contributed by atoms with E-state index in [2.05, 4.69) is 89.1 Å². The number of terminal acetylenes is 1. The molecule has 1 heterocycles. The molecule has 0 saturated heterocycles. The summed E-state index contributed by atoms with van der Waals surface area (Å²) >= 11 is 1.77. The Labute approximate surface area is 159 Å². The minimum atomic E-state index is 0.582. The Morgan fingerprint density at radius 1 is 1.15 bits per heavy atom. The largest absolute Gasteiger partial charge is 0.378 e. The van der Waals surface area contributed by atoms with Gasteiger partial charge < -0.3 is 4.90 Å². The summed E-state index contributed by atoms with van der Waals surface area (Å²) < 4.78 is 3.45. The van der Waals surface area contributed by atoms with E-state index in [9.17, 15) is 0 Å². The van der Waals surface area contributed by atoms with Gasteiger partial charge in [0.2, 0.25) is 12.1 Å². The zero-order chi connectivity index (χ0) is 18.5. The highest BCUT2D eigenvalue weighted by atomic mass is 32.1. The molecule has 2 aromatic carbocycles. The molecule has 0 aliphatic rings. The Bertz CT molecular complexity index is 999. The molecular formula is C23H23N2S+. The fraction of sp³-hybridized carbons (Fsp3) is 0.174. The number of nitrogens with zero attached hydrogens (tertiary/aromatic N) is 2. The van der Waals surface area contributed by atoms with Gasteiger partial charge >= 0.3 is 0 Å². The molecule has 2 nitrogen and oxygen atoms in total. The van der Waals surface area contributed by atoms with Crippen LogP contribution in [0.5, 0.6) is 0 Å². The van der Waals surface area contributed by atoms with Crippen LogP contribution >= 0.6 is 11.3 Å². The predicted molar refractivity (Wildman–Crippen MR) is 114 cm³/mol. The lowest BCUT2D eigenvalue weighted by Gasteiger charge is -2.11. The van der Waals surface area contributed by atoms with Crippen LogP contribution in [0, 0.1) is 12.3 Å². The lowest BCUT2D eigenvalue weighted by molar-refractivity contribution is -0.656. The number of aromatic nitrogens is 1. The van der Waals surface area contributed by atoms with E-state index in [1.165, 1.54) is 32.0 Å². The van der Waals surface area contributed by atoms with Gasteiger partial charge in [-0.25, -0.2) is 0 Å². The van der Waals surface area contributed by atoms with Crippen molar-refractivity contribution in [1.29, 1.82) is 0 Å². The van der Waals surface area contributed by atoms with Crippen molar-refractivity contribution in [2.75, 3.05) is 19.0 Å². The maximum Gasteiger partial charge on any atom is 0.263 e. The Morgan fingerprint density at radius 3 is 2.58 bits per heavy atom. The molecule has 0 amide bonds. The van der Waals surface area contributed by atoms with Crippen LogP contribution in [0.25, 0.3) is 22.4 Å². The minimum absolute atomic E-state index is 0.582. The summed E-state index contributed by atoms with van der Waals surface area (Å²) in [5, 5.41) is 1.18. The number of hydrogen-bond acceptors (Lipinski definition) is 2. The van der Waals surface area contributed by atoms with Crippen LogP contribution < -0.4 is 9.47 Å². The van der Waals surface area contributed by atoms with Gasteiger partial charge in [0.05, 0.1) is 0 Å². The summed E-state index contributed by atoms with van der Waals surface area (Å²) in [6, 6.07) is 16.9. The molecule has 26 heavy (non-hydrogen) atoms. The van der Waals surface area contributed by atoms with Crippen molar-refractivity contribution in [3.63, 3.8) is 0 Å². The first kappa shape index (κ1) is 18.0. The Morgan fingerprint density at radius 2 is 1.88 bits per heavy atom. The molecule has 3 rings (SSSR count). The molecule has 0 bridgehead atoms. The summed E-state index contributed by atoms with van der Waals surface area (Å²) in [4.78, 5) is 2.10. The molecule has 0 fully saturated rings.